The Bertz CT molecular complexity index is 1260. The number of carboxylic acid groups (broad SMARTS) is 1. The van der Waals surface area contributed by atoms with E-state index in [2.05, 4.69) is 4.98 Å². The van der Waals surface area contributed by atoms with E-state index >= 15 is 0 Å². The lowest BCUT2D eigenvalue weighted by Gasteiger charge is -2.09. The lowest BCUT2D eigenvalue weighted by molar-refractivity contribution is -0.136. The molecule has 0 atom stereocenters. The monoisotopic (exact) mass is 447 g/mol. The van der Waals surface area contributed by atoms with Crippen LogP contribution in [0.3, 0.4) is 0 Å². The average Bonchev–Trinajstić information content (AvgIpc) is 3.20. The van der Waals surface area contributed by atoms with E-state index in [0.717, 1.165) is 16.5 Å². The van der Waals surface area contributed by atoms with Crippen molar-refractivity contribution in [2.24, 2.45) is 0 Å². The number of ketones is 1. The molecule has 1 aromatic heterocycles. The van der Waals surface area contributed by atoms with Gasteiger partial charge in [0.1, 0.15) is 17.3 Å². The Labute approximate surface area is 189 Å². The van der Waals surface area contributed by atoms with Gasteiger partial charge in [0.25, 0.3) is 0 Å². The number of carbonyl (C=O) groups excluding carboxylic acids is 1. The van der Waals surface area contributed by atoms with E-state index in [0.29, 0.717) is 42.3 Å². The number of benzene rings is 3. The highest BCUT2D eigenvalue weighted by Crippen LogP contribution is 2.24. The lowest BCUT2D eigenvalue weighted by Crippen LogP contribution is -2.05. The first-order valence-electron chi connectivity index (χ1n) is 10.5. The molecule has 0 aliphatic carbocycles. The van der Waals surface area contributed by atoms with Crippen LogP contribution < -0.4 is 9.47 Å². The van der Waals surface area contributed by atoms with Gasteiger partial charge in [0.05, 0.1) is 19.6 Å². The summed E-state index contributed by atoms with van der Waals surface area (Å²) in [5.41, 5.74) is 2.50. The molecule has 168 valence electrons. The summed E-state index contributed by atoms with van der Waals surface area (Å²) in [4.78, 5) is 26.4. The summed E-state index contributed by atoms with van der Waals surface area (Å²) in [7, 11) is 0. The van der Waals surface area contributed by atoms with Crippen molar-refractivity contribution < 1.29 is 28.6 Å². The van der Waals surface area contributed by atoms with Crippen LogP contribution in [0.5, 0.6) is 11.5 Å². The molecular weight excluding hydrogens is 425 g/mol. The van der Waals surface area contributed by atoms with Crippen LogP contribution in [0.1, 0.15) is 27.9 Å². The number of ether oxygens (including phenoxy) is 2. The normalized spacial score (nSPS) is 10.8. The topological polar surface area (TPSA) is 88.6 Å². The largest absolute Gasteiger partial charge is 0.493 e. The zero-order valence-electron chi connectivity index (χ0n) is 17.7. The molecule has 0 amide bonds. The van der Waals surface area contributed by atoms with Crippen LogP contribution in [0, 0.1) is 5.82 Å². The van der Waals surface area contributed by atoms with Crippen LogP contribution in [0.15, 0.2) is 72.9 Å². The number of fused-ring (bicyclic) bond motifs is 1. The number of nitrogens with one attached hydrogen (secondary N) is 1. The number of rotatable bonds is 10. The molecule has 0 saturated carbocycles. The predicted octanol–water partition coefficient (Wildman–Crippen LogP) is 5.01. The van der Waals surface area contributed by atoms with Crippen molar-refractivity contribution in [1.29, 1.82) is 0 Å². The van der Waals surface area contributed by atoms with E-state index in [1.807, 2.05) is 18.2 Å². The number of carbonyl (C=O) groups is 2. The molecule has 0 aliphatic heterocycles. The van der Waals surface area contributed by atoms with Gasteiger partial charge in [-0.25, -0.2) is 4.39 Å². The number of aromatic amines is 1. The maximum absolute atomic E-state index is 13.0. The number of halogens is 1. The number of carboxylic acids is 1. The molecule has 33 heavy (non-hydrogen) atoms. The maximum atomic E-state index is 13.0. The summed E-state index contributed by atoms with van der Waals surface area (Å²) in [6.45, 7) is 0.897. The summed E-state index contributed by atoms with van der Waals surface area (Å²) < 4.78 is 24.5. The van der Waals surface area contributed by atoms with E-state index in [4.69, 9.17) is 14.6 Å². The smallest absolute Gasteiger partial charge is 0.307 e. The second-order valence-electron chi connectivity index (χ2n) is 7.50. The Kier molecular flexibility index (Phi) is 6.69. The molecule has 3 aromatic carbocycles. The van der Waals surface area contributed by atoms with Crippen LogP contribution in [-0.4, -0.2) is 35.1 Å². The molecule has 0 unspecified atom stereocenters. The standard InChI is InChI=1S/C26H22FNO5/c27-20-6-2-17(3-7-20)26(31)18-4-8-21(9-5-18)32-12-1-13-33-22-10-11-23-19(14-25(29)30)16-28-24(23)15-22/h2-11,15-16,28H,1,12-14H2,(H,29,30). The average molecular weight is 447 g/mol. The molecule has 0 bridgehead atoms. The fraction of sp³-hybridized carbons (Fsp3) is 0.154. The minimum atomic E-state index is -0.870. The van der Waals surface area contributed by atoms with Gasteiger partial charge >= 0.3 is 5.97 Å². The SMILES string of the molecule is O=C(O)Cc1c[nH]c2cc(OCCCOc3ccc(C(=O)c4ccc(F)cc4)cc3)ccc12. The van der Waals surface area contributed by atoms with Gasteiger partial charge in [0.2, 0.25) is 0 Å². The Morgan fingerprint density at radius 1 is 0.848 bits per heavy atom. The molecular formula is C26H22FNO5. The van der Waals surface area contributed by atoms with Gasteiger partial charge in [-0.3, -0.25) is 9.59 Å². The Morgan fingerprint density at radius 2 is 1.45 bits per heavy atom. The molecule has 4 rings (SSSR count). The van der Waals surface area contributed by atoms with Crippen molar-refractivity contribution >= 4 is 22.7 Å². The third-order valence-electron chi connectivity index (χ3n) is 5.13. The summed E-state index contributed by atoms with van der Waals surface area (Å²) in [6, 6.07) is 17.8. The van der Waals surface area contributed by atoms with Gasteiger partial charge in [-0.2, -0.15) is 0 Å². The van der Waals surface area contributed by atoms with Crippen molar-refractivity contribution in [3.63, 3.8) is 0 Å². The van der Waals surface area contributed by atoms with Crippen molar-refractivity contribution in [3.8, 4) is 11.5 Å². The lowest BCUT2D eigenvalue weighted by atomic mass is 10.0. The predicted molar refractivity (Wildman–Crippen MR) is 122 cm³/mol. The van der Waals surface area contributed by atoms with Crippen LogP contribution in [0.25, 0.3) is 10.9 Å². The fourth-order valence-corrected chi connectivity index (χ4v) is 3.47. The van der Waals surface area contributed by atoms with Gasteiger partial charge in [0.15, 0.2) is 5.78 Å². The zero-order chi connectivity index (χ0) is 23.2. The van der Waals surface area contributed by atoms with E-state index in [9.17, 15) is 14.0 Å². The molecule has 1 heterocycles. The maximum Gasteiger partial charge on any atom is 0.307 e. The highest BCUT2D eigenvalue weighted by atomic mass is 19.1. The zero-order valence-corrected chi connectivity index (χ0v) is 17.7. The molecule has 7 heteroatoms. The van der Waals surface area contributed by atoms with Crippen LogP contribution in [0.4, 0.5) is 4.39 Å². The number of hydrogen-bond acceptors (Lipinski definition) is 4. The Hall–Kier alpha value is -4.13. The first-order valence-corrected chi connectivity index (χ1v) is 10.5. The molecule has 0 spiro atoms. The molecule has 6 nitrogen and oxygen atoms in total. The molecule has 0 aliphatic rings. The van der Waals surface area contributed by atoms with Gasteiger partial charge in [0, 0.05) is 40.7 Å². The third kappa shape index (κ3) is 5.57. The number of hydrogen-bond donors (Lipinski definition) is 2. The van der Waals surface area contributed by atoms with Crippen LogP contribution >= 0.6 is 0 Å². The Balaban J connectivity index is 1.23. The second kappa shape index (κ2) is 9.99. The minimum Gasteiger partial charge on any atom is -0.493 e. The van der Waals surface area contributed by atoms with E-state index < -0.39 is 5.97 Å². The highest BCUT2D eigenvalue weighted by Gasteiger charge is 2.10. The molecule has 0 saturated heterocycles. The number of aliphatic carboxylic acids is 1. The summed E-state index contributed by atoms with van der Waals surface area (Å²) in [5, 5.41) is 9.83. The van der Waals surface area contributed by atoms with E-state index in [1.54, 1.807) is 30.5 Å². The van der Waals surface area contributed by atoms with Crippen LogP contribution in [-0.2, 0) is 11.2 Å². The second-order valence-corrected chi connectivity index (χ2v) is 7.50. The molecule has 0 fully saturated rings. The van der Waals surface area contributed by atoms with Crippen molar-refractivity contribution in [2.75, 3.05) is 13.2 Å². The van der Waals surface area contributed by atoms with Gasteiger partial charge in [-0.15, -0.1) is 0 Å². The third-order valence-corrected chi connectivity index (χ3v) is 5.13. The quantitative estimate of drug-likeness (QED) is 0.263. The Morgan fingerprint density at radius 3 is 2.12 bits per heavy atom. The summed E-state index contributed by atoms with van der Waals surface area (Å²) >= 11 is 0. The first kappa shape index (κ1) is 22.1. The van der Waals surface area contributed by atoms with Crippen molar-refractivity contribution in [2.45, 2.75) is 12.8 Å². The van der Waals surface area contributed by atoms with Gasteiger partial charge in [-0.05, 0) is 66.2 Å². The summed E-state index contributed by atoms with van der Waals surface area (Å²) in [5.74, 6) is -0.0947. The highest BCUT2D eigenvalue weighted by molar-refractivity contribution is 6.09. The van der Waals surface area contributed by atoms with Crippen molar-refractivity contribution in [3.05, 3.63) is 95.4 Å². The fourth-order valence-electron chi connectivity index (χ4n) is 3.47. The van der Waals surface area contributed by atoms with E-state index in [1.165, 1.54) is 24.3 Å². The molecule has 2 N–H and O–H groups in total. The van der Waals surface area contributed by atoms with Gasteiger partial charge in [-0.1, -0.05) is 0 Å². The van der Waals surface area contributed by atoms with E-state index in [-0.39, 0.29) is 18.0 Å². The molecule has 0 radical (unpaired) electrons. The van der Waals surface area contributed by atoms with Crippen molar-refractivity contribution in [1.82, 2.24) is 4.98 Å². The first-order chi connectivity index (χ1) is 16.0. The summed E-state index contributed by atoms with van der Waals surface area (Å²) in [6.07, 6.45) is 2.33. The number of H-pyrrole nitrogens is 1. The van der Waals surface area contributed by atoms with Crippen LogP contribution in [0.2, 0.25) is 0 Å². The molecule has 4 aromatic rings. The minimum absolute atomic E-state index is 0.0288. The number of aromatic nitrogens is 1. The van der Waals surface area contributed by atoms with Gasteiger partial charge < -0.3 is 19.6 Å².